The lowest BCUT2D eigenvalue weighted by atomic mass is 10.1. The Hall–Kier alpha value is -4.30. The molecule has 8 heteroatoms. The lowest BCUT2D eigenvalue weighted by molar-refractivity contribution is -0.114. The Morgan fingerprint density at radius 2 is 1.77 bits per heavy atom. The zero-order chi connectivity index (χ0) is 27.2. The van der Waals surface area contributed by atoms with Crippen molar-refractivity contribution in [1.82, 2.24) is 4.90 Å². The molecule has 0 aromatic heterocycles. The van der Waals surface area contributed by atoms with Crippen molar-refractivity contribution in [2.75, 3.05) is 19.8 Å². The molecule has 0 bridgehead atoms. The van der Waals surface area contributed by atoms with E-state index >= 15 is 0 Å². The zero-order valence-corrected chi connectivity index (χ0v) is 22.7. The Bertz CT molecular complexity index is 1480. The SMILES string of the molecule is CCOc1cc(/C=C2\C(=N)N3C(c4ccccc4)=CSC3=NC2=O)ccc1OCCCOc1cccc(C)c1. The highest BCUT2D eigenvalue weighted by Gasteiger charge is 2.36. The average Bonchev–Trinajstić information content (AvgIpc) is 3.36. The molecule has 0 atom stereocenters. The Morgan fingerprint density at radius 3 is 2.56 bits per heavy atom. The van der Waals surface area contributed by atoms with Crippen molar-refractivity contribution in [2.24, 2.45) is 4.99 Å². The molecule has 5 rings (SSSR count). The molecule has 0 radical (unpaired) electrons. The molecule has 0 unspecified atom stereocenters. The van der Waals surface area contributed by atoms with Crippen molar-refractivity contribution >= 4 is 40.4 Å². The normalized spacial score (nSPS) is 15.6. The van der Waals surface area contributed by atoms with Gasteiger partial charge in [-0.2, -0.15) is 4.99 Å². The minimum Gasteiger partial charge on any atom is -0.493 e. The van der Waals surface area contributed by atoms with E-state index < -0.39 is 5.91 Å². The molecule has 0 spiro atoms. The molecule has 2 aliphatic rings. The maximum Gasteiger partial charge on any atom is 0.283 e. The van der Waals surface area contributed by atoms with Crippen LogP contribution in [0.4, 0.5) is 0 Å². The summed E-state index contributed by atoms with van der Waals surface area (Å²) >= 11 is 1.35. The van der Waals surface area contributed by atoms with E-state index in [0.717, 1.165) is 28.1 Å². The van der Waals surface area contributed by atoms with Crippen LogP contribution in [0.25, 0.3) is 11.8 Å². The first-order valence-electron chi connectivity index (χ1n) is 12.8. The van der Waals surface area contributed by atoms with Crippen LogP contribution in [-0.4, -0.2) is 41.6 Å². The van der Waals surface area contributed by atoms with E-state index in [-0.39, 0.29) is 11.4 Å². The number of aryl methyl sites for hydroxylation is 1. The zero-order valence-electron chi connectivity index (χ0n) is 21.8. The van der Waals surface area contributed by atoms with E-state index in [9.17, 15) is 4.79 Å². The number of ether oxygens (including phenoxy) is 3. The fourth-order valence-electron chi connectivity index (χ4n) is 4.22. The Labute approximate surface area is 232 Å². The number of rotatable bonds is 10. The summed E-state index contributed by atoms with van der Waals surface area (Å²) in [5, 5.41) is 11.3. The van der Waals surface area contributed by atoms with Crippen LogP contribution in [0.1, 0.15) is 30.0 Å². The molecule has 0 fully saturated rings. The van der Waals surface area contributed by atoms with Gasteiger partial charge in [-0.05, 0) is 60.9 Å². The Balaban J connectivity index is 1.28. The number of nitrogens with one attached hydrogen (secondary N) is 1. The van der Waals surface area contributed by atoms with Crippen molar-refractivity contribution in [1.29, 1.82) is 5.41 Å². The molecule has 1 amide bonds. The minimum atomic E-state index is -0.437. The number of carbonyl (C=O) groups is 1. The van der Waals surface area contributed by atoms with Gasteiger partial charge in [0.1, 0.15) is 11.6 Å². The molecule has 1 N–H and O–H groups in total. The second-order valence-electron chi connectivity index (χ2n) is 8.93. The van der Waals surface area contributed by atoms with Crippen LogP contribution >= 0.6 is 11.8 Å². The number of aliphatic imine (C=N–C) groups is 1. The molecule has 198 valence electrons. The van der Waals surface area contributed by atoms with Crippen LogP contribution in [0.15, 0.2) is 88.8 Å². The molecule has 0 aliphatic carbocycles. The number of hydrogen-bond donors (Lipinski definition) is 1. The fraction of sp³-hybridized carbons (Fsp3) is 0.194. The molecule has 3 aromatic rings. The van der Waals surface area contributed by atoms with Gasteiger partial charge in [-0.15, -0.1) is 0 Å². The number of fused-ring (bicyclic) bond motifs is 1. The standard InChI is InChI=1S/C31H29N3O4S/c1-3-36-28-19-22(13-14-27(28)38-16-8-15-37-24-12-7-9-21(2)17-24)18-25-29(32)34-26(23-10-5-4-6-11-23)20-39-31(34)33-30(25)35/h4-7,9-14,17-20,32H,3,8,15-16H2,1-2H3/b25-18+,32-29?. The van der Waals surface area contributed by atoms with Crippen LogP contribution in [0.3, 0.4) is 0 Å². The number of hydrogen-bond acceptors (Lipinski definition) is 6. The number of carbonyl (C=O) groups excluding carboxylic acids is 1. The van der Waals surface area contributed by atoms with Crippen LogP contribution in [0.5, 0.6) is 17.2 Å². The van der Waals surface area contributed by atoms with E-state index in [1.807, 2.05) is 92.1 Å². The predicted molar refractivity (Wildman–Crippen MR) is 156 cm³/mol. The summed E-state index contributed by atoms with van der Waals surface area (Å²) in [5.41, 5.74) is 3.88. The summed E-state index contributed by atoms with van der Waals surface area (Å²) < 4.78 is 17.6. The first-order valence-corrected chi connectivity index (χ1v) is 13.7. The second kappa shape index (κ2) is 12.0. The van der Waals surface area contributed by atoms with Gasteiger partial charge in [0, 0.05) is 11.8 Å². The first-order chi connectivity index (χ1) is 19.0. The quantitative estimate of drug-likeness (QED) is 0.232. The van der Waals surface area contributed by atoms with Crippen LogP contribution in [0.2, 0.25) is 0 Å². The van der Waals surface area contributed by atoms with Crippen molar-refractivity contribution in [3.05, 3.63) is 100 Å². The van der Waals surface area contributed by atoms with Crippen molar-refractivity contribution in [2.45, 2.75) is 20.3 Å². The van der Waals surface area contributed by atoms with Gasteiger partial charge < -0.3 is 14.2 Å². The van der Waals surface area contributed by atoms with Gasteiger partial charge >= 0.3 is 0 Å². The largest absolute Gasteiger partial charge is 0.493 e. The number of nitrogens with zero attached hydrogens (tertiary/aromatic N) is 2. The van der Waals surface area contributed by atoms with Gasteiger partial charge in [0.05, 0.1) is 31.1 Å². The first kappa shape index (κ1) is 26.3. The summed E-state index contributed by atoms with van der Waals surface area (Å²) in [6.45, 7) is 5.41. The highest BCUT2D eigenvalue weighted by atomic mass is 32.2. The topological polar surface area (TPSA) is 84.2 Å². The van der Waals surface area contributed by atoms with Gasteiger partial charge in [-0.3, -0.25) is 15.1 Å². The molecule has 7 nitrogen and oxygen atoms in total. The maximum atomic E-state index is 12.9. The summed E-state index contributed by atoms with van der Waals surface area (Å²) in [4.78, 5) is 18.8. The third kappa shape index (κ3) is 6.07. The highest BCUT2D eigenvalue weighted by Crippen LogP contribution is 2.38. The smallest absolute Gasteiger partial charge is 0.283 e. The minimum absolute atomic E-state index is 0.0944. The van der Waals surface area contributed by atoms with E-state index in [0.29, 0.717) is 42.9 Å². The van der Waals surface area contributed by atoms with Gasteiger partial charge in [-0.25, -0.2) is 0 Å². The molecular weight excluding hydrogens is 510 g/mol. The molecular formula is C31H29N3O4S. The van der Waals surface area contributed by atoms with Crippen LogP contribution in [0, 0.1) is 12.3 Å². The van der Waals surface area contributed by atoms with E-state index in [4.69, 9.17) is 19.6 Å². The number of thioether (sulfide) groups is 1. The van der Waals surface area contributed by atoms with Gasteiger partial charge in [-0.1, -0.05) is 60.3 Å². The summed E-state index contributed by atoms with van der Waals surface area (Å²) in [7, 11) is 0. The number of amides is 1. The van der Waals surface area contributed by atoms with Crippen molar-refractivity contribution < 1.29 is 19.0 Å². The lowest BCUT2D eigenvalue weighted by Gasteiger charge is -2.27. The lowest BCUT2D eigenvalue weighted by Crippen LogP contribution is -2.38. The number of amidine groups is 2. The molecule has 0 saturated carbocycles. The van der Waals surface area contributed by atoms with Crippen molar-refractivity contribution in [3.63, 3.8) is 0 Å². The predicted octanol–water partition coefficient (Wildman–Crippen LogP) is 6.55. The molecule has 2 aliphatic heterocycles. The van der Waals surface area contributed by atoms with Crippen molar-refractivity contribution in [3.8, 4) is 17.2 Å². The van der Waals surface area contributed by atoms with Crippen LogP contribution in [-0.2, 0) is 4.79 Å². The molecule has 2 heterocycles. The van der Waals surface area contributed by atoms with Gasteiger partial charge in [0.2, 0.25) is 0 Å². The fourth-order valence-corrected chi connectivity index (χ4v) is 5.11. The Kier molecular flexibility index (Phi) is 8.13. The summed E-state index contributed by atoms with van der Waals surface area (Å²) in [5.74, 6) is 1.70. The average molecular weight is 540 g/mol. The maximum absolute atomic E-state index is 12.9. The highest BCUT2D eigenvalue weighted by molar-refractivity contribution is 8.17. The Morgan fingerprint density at radius 1 is 0.949 bits per heavy atom. The molecule has 39 heavy (non-hydrogen) atoms. The van der Waals surface area contributed by atoms with E-state index in [1.165, 1.54) is 11.8 Å². The van der Waals surface area contributed by atoms with Gasteiger partial charge in [0.15, 0.2) is 16.7 Å². The third-order valence-electron chi connectivity index (χ3n) is 6.07. The molecule has 3 aromatic carbocycles. The monoisotopic (exact) mass is 539 g/mol. The van der Waals surface area contributed by atoms with E-state index in [2.05, 4.69) is 4.99 Å². The van der Waals surface area contributed by atoms with Crippen LogP contribution < -0.4 is 14.2 Å². The van der Waals surface area contributed by atoms with Gasteiger partial charge in [0.25, 0.3) is 5.91 Å². The second-order valence-corrected chi connectivity index (χ2v) is 9.77. The number of benzene rings is 3. The summed E-state index contributed by atoms with van der Waals surface area (Å²) in [6, 6.07) is 23.2. The van der Waals surface area contributed by atoms with E-state index in [1.54, 1.807) is 11.0 Å². The third-order valence-corrected chi connectivity index (χ3v) is 6.89. The summed E-state index contributed by atoms with van der Waals surface area (Å²) in [6.07, 6.45) is 2.39. The molecule has 0 saturated heterocycles.